The van der Waals surface area contributed by atoms with Crippen molar-refractivity contribution in [3.8, 4) is 11.8 Å². The second-order valence-electron chi connectivity index (χ2n) is 3.92. The van der Waals surface area contributed by atoms with E-state index in [1.165, 1.54) is 18.2 Å². The fourth-order valence-corrected chi connectivity index (χ4v) is 1.66. The van der Waals surface area contributed by atoms with E-state index in [0.29, 0.717) is 5.75 Å². The van der Waals surface area contributed by atoms with Crippen LogP contribution in [0.1, 0.15) is 11.1 Å². The number of hydrogen-bond donors (Lipinski definition) is 0. The first-order valence-corrected chi connectivity index (χ1v) is 5.82. The van der Waals surface area contributed by atoms with Crippen LogP contribution in [-0.2, 0) is 6.61 Å². The molecule has 0 aliphatic heterocycles. The molecule has 0 N–H and O–H groups in total. The Kier molecular flexibility index (Phi) is 4.30. The van der Waals surface area contributed by atoms with E-state index in [1.807, 2.05) is 30.3 Å². The van der Waals surface area contributed by atoms with Gasteiger partial charge < -0.3 is 4.74 Å². The molecule has 3 heteroatoms. The maximum atomic E-state index is 13.0. The molecule has 0 heterocycles. The van der Waals surface area contributed by atoms with E-state index in [2.05, 4.69) is 0 Å². The third-order valence-corrected chi connectivity index (χ3v) is 2.54. The number of nitriles is 1. The lowest BCUT2D eigenvalue weighted by Crippen LogP contribution is -1.97. The van der Waals surface area contributed by atoms with Crippen molar-refractivity contribution in [3.05, 3.63) is 71.6 Å². The van der Waals surface area contributed by atoms with Gasteiger partial charge in [-0.15, -0.1) is 0 Å². The molecule has 0 aliphatic carbocycles. The van der Waals surface area contributed by atoms with Gasteiger partial charge in [-0.25, -0.2) is 4.39 Å². The van der Waals surface area contributed by atoms with Gasteiger partial charge in [0.1, 0.15) is 18.2 Å². The summed E-state index contributed by atoms with van der Waals surface area (Å²) in [6.07, 6.45) is 3.07. The SMILES string of the molecule is N#C/C=C/c1ccccc1OCc1cccc(F)c1. The van der Waals surface area contributed by atoms with Crippen LogP contribution < -0.4 is 4.74 Å². The summed E-state index contributed by atoms with van der Waals surface area (Å²) >= 11 is 0. The van der Waals surface area contributed by atoms with Gasteiger partial charge in [0.2, 0.25) is 0 Å². The summed E-state index contributed by atoms with van der Waals surface area (Å²) in [5.41, 5.74) is 1.58. The van der Waals surface area contributed by atoms with Crippen molar-refractivity contribution in [2.45, 2.75) is 6.61 Å². The van der Waals surface area contributed by atoms with Gasteiger partial charge in [0.15, 0.2) is 0 Å². The fourth-order valence-electron chi connectivity index (χ4n) is 1.66. The summed E-state index contributed by atoms with van der Waals surface area (Å²) < 4.78 is 18.7. The summed E-state index contributed by atoms with van der Waals surface area (Å²) in [6.45, 7) is 0.287. The zero-order valence-corrected chi connectivity index (χ0v) is 10.2. The number of para-hydroxylation sites is 1. The molecule has 0 spiro atoms. The van der Waals surface area contributed by atoms with Crippen LogP contribution in [0, 0.1) is 17.1 Å². The first kappa shape index (κ1) is 12.8. The quantitative estimate of drug-likeness (QED) is 0.773. The minimum absolute atomic E-state index is 0.279. The molecular weight excluding hydrogens is 241 g/mol. The normalized spacial score (nSPS) is 10.3. The topological polar surface area (TPSA) is 33.0 Å². The molecule has 0 amide bonds. The molecule has 2 rings (SSSR count). The van der Waals surface area contributed by atoms with E-state index < -0.39 is 0 Å². The summed E-state index contributed by atoms with van der Waals surface area (Å²) in [6, 6.07) is 15.6. The number of hydrogen-bond acceptors (Lipinski definition) is 2. The van der Waals surface area contributed by atoms with E-state index in [4.69, 9.17) is 10.00 Å². The van der Waals surface area contributed by atoms with Crippen LogP contribution in [0.5, 0.6) is 5.75 Å². The molecule has 0 radical (unpaired) electrons. The van der Waals surface area contributed by atoms with Crippen LogP contribution in [0.2, 0.25) is 0 Å². The molecule has 0 aliphatic rings. The van der Waals surface area contributed by atoms with Gasteiger partial charge >= 0.3 is 0 Å². The van der Waals surface area contributed by atoms with Crippen molar-refractivity contribution in [3.63, 3.8) is 0 Å². The molecule has 0 atom stereocenters. The lowest BCUT2D eigenvalue weighted by Gasteiger charge is -2.09. The largest absolute Gasteiger partial charge is 0.488 e. The number of ether oxygens (including phenoxy) is 1. The van der Waals surface area contributed by atoms with Crippen molar-refractivity contribution < 1.29 is 9.13 Å². The summed E-state index contributed by atoms with van der Waals surface area (Å²) in [5, 5.41) is 8.54. The Hall–Kier alpha value is -2.60. The zero-order chi connectivity index (χ0) is 13.5. The van der Waals surface area contributed by atoms with Gasteiger partial charge in [0.25, 0.3) is 0 Å². The second kappa shape index (κ2) is 6.36. The van der Waals surface area contributed by atoms with Crippen molar-refractivity contribution >= 4 is 6.08 Å². The van der Waals surface area contributed by atoms with Crippen molar-refractivity contribution in [1.29, 1.82) is 5.26 Å². The van der Waals surface area contributed by atoms with Crippen LogP contribution in [-0.4, -0.2) is 0 Å². The van der Waals surface area contributed by atoms with E-state index in [9.17, 15) is 4.39 Å². The highest BCUT2D eigenvalue weighted by molar-refractivity contribution is 5.58. The van der Waals surface area contributed by atoms with Gasteiger partial charge in [-0.1, -0.05) is 30.3 Å². The number of rotatable bonds is 4. The molecular formula is C16H12FNO. The van der Waals surface area contributed by atoms with E-state index in [-0.39, 0.29) is 12.4 Å². The lowest BCUT2D eigenvalue weighted by atomic mass is 10.2. The minimum atomic E-state index is -0.279. The van der Waals surface area contributed by atoms with Crippen LogP contribution in [0.3, 0.4) is 0 Å². The first-order valence-electron chi connectivity index (χ1n) is 5.82. The Morgan fingerprint density at radius 1 is 1.16 bits per heavy atom. The van der Waals surface area contributed by atoms with E-state index in [1.54, 1.807) is 18.2 Å². The molecule has 0 fully saturated rings. The maximum Gasteiger partial charge on any atom is 0.127 e. The van der Waals surface area contributed by atoms with Crippen LogP contribution in [0.4, 0.5) is 4.39 Å². The molecule has 2 aromatic rings. The average molecular weight is 253 g/mol. The predicted octanol–water partition coefficient (Wildman–Crippen LogP) is 3.94. The second-order valence-corrected chi connectivity index (χ2v) is 3.92. The van der Waals surface area contributed by atoms with Gasteiger partial charge in [-0.05, 0) is 29.8 Å². The number of nitrogens with zero attached hydrogens (tertiary/aromatic N) is 1. The third kappa shape index (κ3) is 3.68. The van der Waals surface area contributed by atoms with Crippen molar-refractivity contribution in [1.82, 2.24) is 0 Å². The van der Waals surface area contributed by atoms with Crippen LogP contribution >= 0.6 is 0 Å². The molecule has 0 bridgehead atoms. The van der Waals surface area contributed by atoms with E-state index >= 15 is 0 Å². The molecule has 94 valence electrons. The van der Waals surface area contributed by atoms with Gasteiger partial charge in [-0.2, -0.15) is 5.26 Å². The Labute approximate surface area is 111 Å². The minimum Gasteiger partial charge on any atom is -0.488 e. The smallest absolute Gasteiger partial charge is 0.127 e. The zero-order valence-electron chi connectivity index (χ0n) is 10.2. The maximum absolute atomic E-state index is 13.0. The molecule has 0 unspecified atom stereocenters. The molecule has 19 heavy (non-hydrogen) atoms. The monoisotopic (exact) mass is 253 g/mol. The van der Waals surface area contributed by atoms with Crippen LogP contribution in [0.25, 0.3) is 6.08 Å². The predicted molar refractivity (Wildman–Crippen MR) is 71.8 cm³/mol. The standard InChI is InChI=1S/C16H12FNO/c17-15-8-3-5-13(11-15)12-19-16-9-2-1-6-14(16)7-4-10-18/h1-9,11H,12H2/b7-4+. The fraction of sp³-hybridized carbons (Fsp3) is 0.0625. The van der Waals surface area contributed by atoms with Crippen molar-refractivity contribution in [2.75, 3.05) is 0 Å². The lowest BCUT2D eigenvalue weighted by molar-refractivity contribution is 0.305. The molecule has 2 nitrogen and oxygen atoms in total. The Morgan fingerprint density at radius 3 is 2.79 bits per heavy atom. The molecule has 0 saturated carbocycles. The van der Waals surface area contributed by atoms with Crippen molar-refractivity contribution in [2.24, 2.45) is 0 Å². The number of allylic oxidation sites excluding steroid dienone is 1. The highest BCUT2D eigenvalue weighted by atomic mass is 19.1. The van der Waals surface area contributed by atoms with Gasteiger partial charge in [0, 0.05) is 11.6 Å². The molecule has 2 aromatic carbocycles. The highest BCUT2D eigenvalue weighted by Crippen LogP contribution is 2.20. The van der Waals surface area contributed by atoms with Gasteiger partial charge in [-0.3, -0.25) is 0 Å². The average Bonchev–Trinajstić information content (AvgIpc) is 2.44. The summed E-state index contributed by atoms with van der Waals surface area (Å²) in [7, 11) is 0. The van der Waals surface area contributed by atoms with Crippen LogP contribution in [0.15, 0.2) is 54.6 Å². The highest BCUT2D eigenvalue weighted by Gasteiger charge is 2.01. The first-order chi connectivity index (χ1) is 9.29. The van der Waals surface area contributed by atoms with Gasteiger partial charge in [0.05, 0.1) is 6.07 Å². The molecule has 0 aromatic heterocycles. The Bertz CT molecular complexity index is 629. The Balaban J connectivity index is 2.11. The third-order valence-electron chi connectivity index (χ3n) is 2.54. The number of benzene rings is 2. The van der Waals surface area contributed by atoms with E-state index in [0.717, 1.165) is 11.1 Å². The number of halogens is 1. The Morgan fingerprint density at radius 2 is 2.00 bits per heavy atom. The summed E-state index contributed by atoms with van der Waals surface area (Å²) in [5.74, 6) is 0.386. The summed E-state index contributed by atoms with van der Waals surface area (Å²) in [4.78, 5) is 0. The molecule has 0 saturated heterocycles.